The molecule has 4 nitrogen and oxygen atoms in total. The SMILES string of the molecule is Cc1ccc(C(C)NC2CCN(S(C)(=O)=O)CC2)cc1F. The van der Waals surface area contributed by atoms with Crippen molar-refractivity contribution in [1.29, 1.82) is 0 Å². The van der Waals surface area contributed by atoms with Crippen LogP contribution in [0, 0.1) is 12.7 Å². The van der Waals surface area contributed by atoms with E-state index in [0.29, 0.717) is 18.7 Å². The summed E-state index contributed by atoms with van der Waals surface area (Å²) in [6.45, 7) is 4.85. The van der Waals surface area contributed by atoms with Gasteiger partial charge in [0.25, 0.3) is 0 Å². The minimum Gasteiger partial charge on any atom is -0.307 e. The molecule has 0 spiro atoms. The third-order valence-electron chi connectivity index (χ3n) is 4.10. The number of sulfonamides is 1. The minimum atomic E-state index is -3.08. The van der Waals surface area contributed by atoms with Crippen molar-refractivity contribution >= 4 is 10.0 Å². The Hall–Kier alpha value is -0.980. The van der Waals surface area contributed by atoms with Crippen LogP contribution in [0.25, 0.3) is 0 Å². The summed E-state index contributed by atoms with van der Waals surface area (Å²) in [6, 6.07) is 5.60. The largest absolute Gasteiger partial charge is 0.307 e. The Morgan fingerprint density at radius 2 is 1.95 bits per heavy atom. The number of nitrogens with one attached hydrogen (secondary N) is 1. The molecule has 0 aromatic heterocycles. The fourth-order valence-corrected chi connectivity index (χ4v) is 3.56. The first kappa shape index (κ1) is 16.4. The van der Waals surface area contributed by atoms with E-state index in [2.05, 4.69) is 5.32 Å². The summed E-state index contributed by atoms with van der Waals surface area (Å²) >= 11 is 0. The maximum atomic E-state index is 13.6. The standard InChI is InChI=1S/C15H23FN2O2S/c1-11-4-5-13(10-15(11)16)12(2)17-14-6-8-18(9-7-14)21(3,19)20/h4-5,10,12,14,17H,6-9H2,1-3H3. The van der Waals surface area contributed by atoms with E-state index in [9.17, 15) is 12.8 Å². The molecular weight excluding hydrogens is 291 g/mol. The van der Waals surface area contributed by atoms with Gasteiger partial charge in [-0.15, -0.1) is 0 Å². The van der Waals surface area contributed by atoms with E-state index < -0.39 is 10.0 Å². The molecule has 1 N–H and O–H groups in total. The first-order valence-corrected chi connectivity index (χ1v) is 9.09. The molecule has 1 atom stereocenters. The molecule has 0 radical (unpaired) electrons. The Labute approximate surface area is 126 Å². The van der Waals surface area contributed by atoms with Gasteiger partial charge in [0.2, 0.25) is 10.0 Å². The van der Waals surface area contributed by atoms with Crippen LogP contribution >= 0.6 is 0 Å². The molecule has 1 heterocycles. The van der Waals surface area contributed by atoms with E-state index in [1.165, 1.54) is 10.6 Å². The second-order valence-corrected chi connectivity index (χ2v) is 7.82. The van der Waals surface area contributed by atoms with Crippen molar-refractivity contribution in [3.8, 4) is 0 Å². The van der Waals surface area contributed by atoms with Crippen molar-refractivity contribution in [3.63, 3.8) is 0 Å². The fraction of sp³-hybridized carbons (Fsp3) is 0.600. The zero-order valence-corrected chi connectivity index (χ0v) is 13.6. The lowest BCUT2D eigenvalue weighted by molar-refractivity contribution is 0.278. The zero-order valence-electron chi connectivity index (χ0n) is 12.8. The molecule has 1 aromatic rings. The number of hydrogen-bond acceptors (Lipinski definition) is 3. The van der Waals surface area contributed by atoms with Gasteiger partial charge in [-0.05, 0) is 43.9 Å². The third kappa shape index (κ3) is 4.25. The molecule has 1 aromatic carbocycles. The summed E-state index contributed by atoms with van der Waals surface area (Å²) in [7, 11) is -3.08. The van der Waals surface area contributed by atoms with E-state index in [1.807, 2.05) is 13.0 Å². The first-order valence-electron chi connectivity index (χ1n) is 7.24. The van der Waals surface area contributed by atoms with E-state index in [1.54, 1.807) is 19.1 Å². The van der Waals surface area contributed by atoms with Crippen molar-refractivity contribution in [3.05, 3.63) is 35.1 Å². The highest BCUT2D eigenvalue weighted by atomic mass is 32.2. The molecule has 118 valence electrons. The van der Waals surface area contributed by atoms with Gasteiger partial charge in [0.05, 0.1) is 6.26 Å². The normalized spacial score (nSPS) is 19.6. The average molecular weight is 314 g/mol. The van der Waals surface area contributed by atoms with Gasteiger partial charge < -0.3 is 5.32 Å². The molecule has 0 saturated carbocycles. The Bertz CT molecular complexity index is 596. The Balaban J connectivity index is 1.92. The van der Waals surface area contributed by atoms with Crippen LogP contribution in [-0.2, 0) is 10.0 Å². The number of benzene rings is 1. The maximum Gasteiger partial charge on any atom is 0.211 e. The maximum absolute atomic E-state index is 13.6. The van der Waals surface area contributed by atoms with Crippen LogP contribution in [0.5, 0.6) is 0 Å². The molecule has 0 amide bonds. The molecule has 1 unspecified atom stereocenters. The zero-order chi connectivity index (χ0) is 15.6. The van der Waals surface area contributed by atoms with Crippen molar-refractivity contribution < 1.29 is 12.8 Å². The second kappa shape index (κ2) is 6.42. The molecule has 1 fully saturated rings. The van der Waals surface area contributed by atoms with Gasteiger partial charge in [-0.3, -0.25) is 0 Å². The number of aryl methyl sites for hydroxylation is 1. The number of piperidine rings is 1. The van der Waals surface area contributed by atoms with Crippen molar-refractivity contribution in [2.75, 3.05) is 19.3 Å². The predicted octanol–water partition coefficient (Wildman–Crippen LogP) is 2.21. The number of nitrogens with zero attached hydrogens (tertiary/aromatic N) is 1. The van der Waals surface area contributed by atoms with Crippen LogP contribution in [0.4, 0.5) is 4.39 Å². The van der Waals surface area contributed by atoms with Gasteiger partial charge in [0.1, 0.15) is 5.82 Å². The lowest BCUT2D eigenvalue weighted by Crippen LogP contribution is -2.45. The highest BCUT2D eigenvalue weighted by Crippen LogP contribution is 2.20. The Morgan fingerprint density at radius 3 is 2.48 bits per heavy atom. The quantitative estimate of drug-likeness (QED) is 0.927. The lowest BCUT2D eigenvalue weighted by atomic mass is 10.0. The summed E-state index contributed by atoms with van der Waals surface area (Å²) in [5, 5.41) is 3.47. The number of rotatable bonds is 4. The van der Waals surface area contributed by atoms with E-state index in [-0.39, 0.29) is 17.9 Å². The molecule has 6 heteroatoms. The molecule has 1 saturated heterocycles. The van der Waals surface area contributed by atoms with Crippen LogP contribution in [0.2, 0.25) is 0 Å². The molecule has 1 aliphatic rings. The first-order chi connectivity index (χ1) is 9.77. The monoisotopic (exact) mass is 314 g/mol. The average Bonchev–Trinajstić information content (AvgIpc) is 2.41. The van der Waals surface area contributed by atoms with Crippen molar-refractivity contribution in [2.45, 2.75) is 38.8 Å². The van der Waals surface area contributed by atoms with E-state index in [0.717, 1.165) is 18.4 Å². The summed E-state index contributed by atoms with van der Waals surface area (Å²) in [6.07, 6.45) is 2.82. The minimum absolute atomic E-state index is 0.0508. The summed E-state index contributed by atoms with van der Waals surface area (Å²) < 4.78 is 38.1. The van der Waals surface area contributed by atoms with Gasteiger partial charge in [-0.2, -0.15) is 0 Å². The highest BCUT2D eigenvalue weighted by molar-refractivity contribution is 7.88. The lowest BCUT2D eigenvalue weighted by Gasteiger charge is -2.32. The van der Waals surface area contributed by atoms with Crippen LogP contribution in [-0.4, -0.2) is 38.1 Å². The fourth-order valence-electron chi connectivity index (χ4n) is 2.68. The van der Waals surface area contributed by atoms with Crippen molar-refractivity contribution in [2.24, 2.45) is 0 Å². The molecule has 2 rings (SSSR count). The van der Waals surface area contributed by atoms with Gasteiger partial charge >= 0.3 is 0 Å². The number of halogens is 1. The van der Waals surface area contributed by atoms with Crippen LogP contribution < -0.4 is 5.32 Å². The van der Waals surface area contributed by atoms with Crippen molar-refractivity contribution in [1.82, 2.24) is 9.62 Å². The van der Waals surface area contributed by atoms with Gasteiger partial charge in [0, 0.05) is 25.2 Å². The van der Waals surface area contributed by atoms with Crippen LogP contribution in [0.15, 0.2) is 18.2 Å². The molecule has 0 bridgehead atoms. The van der Waals surface area contributed by atoms with Gasteiger partial charge in [-0.25, -0.2) is 17.1 Å². The molecular formula is C15H23FN2O2S. The van der Waals surface area contributed by atoms with E-state index >= 15 is 0 Å². The highest BCUT2D eigenvalue weighted by Gasteiger charge is 2.25. The summed E-state index contributed by atoms with van der Waals surface area (Å²) in [5.41, 5.74) is 1.57. The molecule has 21 heavy (non-hydrogen) atoms. The second-order valence-electron chi connectivity index (χ2n) is 5.83. The topological polar surface area (TPSA) is 49.4 Å². The predicted molar refractivity (Wildman–Crippen MR) is 82.1 cm³/mol. The third-order valence-corrected chi connectivity index (χ3v) is 5.41. The number of hydrogen-bond donors (Lipinski definition) is 1. The summed E-state index contributed by atoms with van der Waals surface area (Å²) in [5.74, 6) is -0.187. The smallest absolute Gasteiger partial charge is 0.211 e. The van der Waals surface area contributed by atoms with Gasteiger partial charge in [-0.1, -0.05) is 12.1 Å². The van der Waals surface area contributed by atoms with Gasteiger partial charge in [0.15, 0.2) is 0 Å². The Morgan fingerprint density at radius 1 is 1.33 bits per heavy atom. The molecule has 0 aliphatic carbocycles. The van der Waals surface area contributed by atoms with Crippen LogP contribution in [0.1, 0.15) is 36.9 Å². The Kier molecular flexibility index (Phi) is 5.01. The summed E-state index contributed by atoms with van der Waals surface area (Å²) in [4.78, 5) is 0. The molecule has 1 aliphatic heterocycles. The van der Waals surface area contributed by atoms with Crippen LogP contribution in [0.3, 0.4) is 0 Å². The van der Waals surface area contributed by atoms with E-state index in [4.69, 9.17) is 0 Å².